The first-order chi connectivity index (χ1) is 10.8. The van der Waals surface area contributed by atoms with Crippen molar-refractivity contribution in [3.8, 4) is 24.3 Å². The van der Waals surface area contributed by atoms with Gasteiger partial charge in [-0.25, -0.2) is 0 Å². The maximum atomic E-state index is 9.18. The maximum absolute atomic E-state index is 9.18. The number of H-pyrrole nitrogens is 4. The first-order valence-corrected chi connectivity index (χ1v) is 7.34. The van der Waals surface area contributed by atoms with Gasteiger partial charge in [0.05, 0.1) is 32.5 Å². The number of aromatic nitrogens is 4. The lowest BCUT2D eigenvalue weighted by Crippen LogP contribution is -2.18. The van der Waals surface area contributed by atoms with Crippen LogP contribution in [0.3, 0.4) is 0 Å². The minimum atomic E-state index is -0.0666. The van der Waals surface area contributed by atoms with Crippen molar-refractivity contribution in [2.45, 2.75) is 0 Å². The van der Waals surface area contributed by atoms with Gasteiger partial charge in [0.2, 0.25) is 0 Å². The monoisotopic (exact) mass is 324 g/mol. The van der Waals surface area contributed by atoms with Gasteiger partial charge in [0, 0.05) is 23.5 Å². The van der Waals surface area contributed by atoms with Crippen LogP contribution < -0.4 is 10.4 Å². The molecule has 0 unspecified atom stereocenters. The Labute approximate surface area is 130 Å². The number of benzene rings is 1. The lowest BCUT2D eigenvalue weighted by atomic mass is 10.1. The van der Waals surface area contributed by atoms with Crippen LogP contribution in [0.2, 0.25) is 0 Å². The van der Waals surface area contributed by atoms with Crippen LogP contribution in [0.5, 0.6) is 0 Å². The van der Waals surface area contributed by atoms with Crippen molar-refractivity contribution >= 4 is 56.7 Å². The molecule has 0 aliphatic heterocycles. The number of hydrogen-bond acceptors (Lipinski definition) is 6. The second-order valence-corrected chi connectivity index (χ2v) is 5.28. The highest BCUT2D eigenvalue weighted by Gasteiger charge is 2.15. The van der Waals surface area contributed by atoms with Crippen LogP contribution in [0.1, 0.15) is 0 Å². The Hall–Kier alpha value is -3.44. The molecule has 0 aliphatic rings. The smallest absolute Gasteiger partial charge is 0.141 e. The van der Waals surface area contributed by atoms with Crippen LogP contribution in [0.25, 0.3) is 33.2 Å². The Morgan fingerprint density at radius 2 is 0.864 bits per heavy atom. The van der Waals surface area contributed by atoms with E-state index in [9.17, 15) is 21.0 Å². The van der Waals surface area contributed by atoms with Gasteiger partial charge < -0.3 is 0 Å². The van der Waals surface area contributed by atoms with Crippen LogP contribution in [0, 0.1) is 45.3 Å². The molecule has 0 radical (unpaired) electrons. The summed E-state index contributed by atoms with van der Waals surface area (Å²) in [6, 6.07) is 7.48. The van der Waals surface area contributed by atoms with Gasteiger partial charge in [0.25, 0.3) is 0 Å². The summed E-state index contributed by atoms with van der Waals surface area (Å²) in [4.78, 5) is 0. The molecule has 0 saturated carbocycles. The molecule has 22 heavy (non-hydrogen) atoms. The zero-order valence-electron chi connectivity index (χ0n) is 10.6. The molecule has 4 N–H and O–H groups in total. The fraction of sp³-hybridized carbons (Fsp3) is 0. The first-order valence-electron chi connectivity index (χ1n) is 5.71. The zero-order chi connectivity index (χ0) is 15.7. The van der Waals surface area contributed by atoms with E-state index >= 15 is 0 Å². The Balaban J connectivity index is 2.89. The highest BCUT2D eigenvalue weighted by atomic mass is 32.1. The van der Waals surface area contributed by atoms with Gasteiger partial charge in [0.1, 0.15) is 35.4 Å². The van der Waals surface area contributed by atoms with Crippen molar-refractivity contribution < 1.29 is 0 Å². The van der Waals surface area contributed by atoms with E-state index in [1.807, 2.05) is 24.3 Å². The molecule has 1 aromatic carbocycles. The molecule has 10 heteroatoms. The van der Waals surface area contributed by atoms with Crippen LogP contribution in [-0.4, -0.2) is 17.5 Å². The molecule has 0 spiro atoms. The van der Waals surface area contributed by atoms with Gasteiger partial charge in [-0.2, -0.15) is 21.0 Å². The standard InChI is InChI=1S/C12H4N8S2/c13-1-5(2-14)7-9-11(19-21-17-9)8(6(3-15)4-16)12-10(7)18-22-20-12/h17-20H. The number of nitrogens with one attached hydrogen (secondary N) is 4. The SMILES string of the molecule is N#CC(C#N)=c1c2[nH]s[nH]c2c(=C(C#N)C#N)c2[nH]s[nH]c12. The van der Waals surface area contributed by atoms with E-state index in [1.54, 1.807) is 0 Å². The lowest BCUT2D eigenvalue weighted by Gasteiger charge is -1.98. The Morgan fingerprint density at radius 3 is 1.09 bits per heavy atom. The molecule has 3 aromatic rings. The van der Waals surface area contributed by atoms with Crippen LogP contribution in [0.15, 0.2) is 0 Å². The molecule has 2 heterocycles. The van der Waals surface area contributed by atoms with Crippen LogP contribution in [0.4, 0.5) is 0 Å². The van der Waals surface area contributed by atoms with Gasteiger partial charge in [-0.05, 0) is 0 Å². The average Bonchev–Trinajstić information content (AvgIpc) is 3.19. The van der Waals surface area contributed by atoms with E-state index in [-0.39, 0.29) is 11.1 Å². The third kappa shape index (κ3) is 1.70. The fourth-order valence-electron chi connectivity index (χ4n) is 2.19. The topological polar surface area (TPSA) is 158 Å². The van der Waals surface area contributed by atoms with E-state index < -0.39 is 0 Å². The van der Waals surface area contributed by atoms with Gasteiger partial charge in [-0.1, -0.05) is 0 Å². The van der Waals surface area contributed by atoms with Crippen molar-refractivity contribution in [2.75, 3.05) is 0 Å². The predicted octanol–water partition coefficient (Wildman–Crippen LogP) is 0.949. The first kappa shape index (κ1) is 13.5. The van der Waals surface area contributed by atoms with E-state index in [2.05, 4.69) is 17.5 Å². The summed E-state index contributed by atoms with van der Waals surface area (Å²) < 4.78 is 11.9. The van der Waals surface area contributed by atoms with Crippen molar-refractivity contribution in [2.24, 2.45) is 0 Å². The second kappa shape index (κ2) is 5.16. The molecule has 0 fully saturated rings. The van der Waals surface area contributed by atoms with E-state index in [0.29, 0.717) is 32.5 Å². The Bertz CT molecular complexity index is 1040. The minimum Gasteiger partial charge on any atom is -0.294 e. The molecule has 0 atom stereocenters. The predicted molar refractivity (Wildman–Crippen MR) is 80.8 cm³/mol. The van der Waals surface area contributed by atoms with Crippen molar-refractivity contribution in [1.82, 2.24) is 17.5 Å². The summed E-state index contributed by atoms with van der Waals surface area (Å²) in [7, 11) is 0. The molecule has 0 amide bonds. The summed E-state index contributed by atoms with van der Waals surface area (Å²) >= 11 is 2.27. The van der Waals surface area contributed by atoms with E-state index in [1.165, 1.54) is 0 Å². The third-order valence-electron chi connectivity index (χ3n) is 3.06. The van der Waals surface area contributed by atoms with Gasteiger partial charge in [-0.3, -0.25) is 17.5 Å². The minimum absolute atomic E-state index is 0.0666. The summed E-state index contributed by atoms with van der Waals surface area (Å²) in [6.07, 6.45) is 0. The third-order valence-corrected chi connectivity index (χ3v) is 4.28. The lowest BCUT2D eigenvalue weighted by molar-refractivity contribution is 1.47. The molecule has 104 valence electrons. The summed E-state index contributed by atoms with van der Waals surface area (Å²) in [5.74, 6) is 0. The Kier molecular flexibility index (Phi) is 3.17. The molecule has 8 nitrogen and oxygen atoms in total. The quantitative estimate of drug-likeness (QED) is 0.485. The molecular weight excluding hydrogens is 320 g/mol. The highest BCUT2D eigenvalue weighted by Crippen LogP contribution is 2.13. The zero-order valence-corrected chi connectivity index (χ0v) is 12.2. The average molecular weight is 324 g/mol. The molecule has 2 aromatic heterocycles. The highest BCUT2D eigenvalue weighted by molar-refractivity contribution is 7.00. The van der Waals surface area contributed by atoms with Crippen LogP contribution in [-0.2, 0) is 0 Å². The molecule has 3 rings (SSSR count). The fourth-order valence-corrected chi connectivity index (χ4v) is 3.51. The maximum Gasteiger partial charge on any atom is 0.141 e. The van der Waals surface area contributed by atoms with Crippen LogP contribution >= 0.6 is 23.5 Å². The number of aromatic amines is 4. The molecule has 0 aliphatic carbocycles. The normalized spacial score (nSPS) is 9.64. The summed E-state index contributed by atoms with van der Waals surface area (Å²) in [6.45, 7) is 0. The van der Waals surface area contributed by atoms with Crippen molar-refractivity contribution in [3.05, 3.63) is 10.4 Å². The molecule has 0 saturated heterocycles. The van der Waals surface area contributed by atoms with E-state index in [4.69, 9.17) is 0 Å². The van der Waals surface area contributed by atoms with Crippen molar-refractivity contribution in [1.29, 1.82) is 21.0 Å². The summed E-state index contributed by atoms with van der Waals surface area (Å²) in [5.41, 5.74) is 1.85. The van der Waals surface area contributed by atoms with E-state index in [0.717, 1.165) is 23.5 Å². The summed E-state index contributed by atoms with van der Waals surface area (Å²) in [5, 5.41) is 37.5. The van der Waals surface area contributed by atoms with Gasteiger partial charge in [-0.15, -0.1) is 0 Å². The number of hydrogen-bond donors (Lipinski definition) is 4. The number of nitrogens with zero attached hydrogens (tertiary/aromatic N) is 4. The molecular formula is C12H4N8S2. The Morgan fingerprint density at radius 1 is 0.591 bits per heavy atom. The van der Waals surface area contributed by atoms with Gasteiger partial charge >= 0.3 is 0 Å². The van der Waals surface area contributed by atoms with Crippen molar-refractivity contribution in [3.63, 3.8) is 0 Å². The number of fused-ring (bicyclic) bond motifs is 2. The molecule has 0 bridgehead atoms. The number of nitriles is 4. The van der Waals surface area contributed by atoms with Gasteiger partial charge in [0.15, 0.2) is 0 Å². The number of rotatable bonds is 0. The second-order valence-electron chi connectivity index (χ2n) is 4.06. The largest absolute Gasteiger partial charge is 0.294 e.